The summed E-state index contributed by atoms with van der Waals surface area (Å²) in [6.07, 6.45) is 1.27. The first-order valence-corrected chi connectivity index (χ1v) is 10.8. The number of Topliss-reactive ketones (excluding diaryl/α,β-unsaturated/α-hetero) is 1. The first kappa shape index (κ1) is 20.6. The molecule has 0 saturated heterocycles. The Balaban J connectivity index is 1.40. The number of aliphatic hydroxyl groups excluding tert-OH is 1. The van der Waals surface area contributed by atoms with Crippen LogP contribution in [0.3, 0.4) is 0 Å². The summed E-state index contributed by atoms with van der Waals surface area (Å²) in [5.41, 5.74) is 0.993. The number of benzene rings is 2. The van der Waals surface area contributed by atoms with Crippen molar-refractivity contribution in [1.82, 2.24) is 14.8 Å². The highest BCUT2D eigenvalue weighted by Gasteiger charge is 2.31. The van der Waals surface area contributed by atoms with Gasteiger partial charge in [-0.15, -0.1) is 10.2 Å². The molecule has 0 radical (unpaired) electrons. The lowest BCUT2D eigenvalue weighted by Crippen LogP contribution is -2.20. The van der Waals surface area contributed by atoms with Crippen molar-refractivity contribution in [2.24, 2.45) is 0 Å². The third-order valence-corrected chi connectivity index (χ3v) is 5.87. The minimum absolute atomic E-state index is 0.0402. The number of carbonyl (C=O) groups excluding carboxylic acids is 1. The Kier molecular flexibility index (Phi) is 6.15. The van der Waals surface area contributed by atoms with Crippen LogP contribution >= 0.6 is 11.8 Å². The second-order valence-electron chi connectivity index (χ2n) is 7.25. The maximum atomic E-state index is 14.2. The van der Waals surface area contributed by atoms with Gasteiger partial charge in [0.2, 0.25) is 0 Å². The van der Waals surface area contributed by atoms with Gasteiger partial charge in [-0.1, -0.05) is 36.0 Å². The molecule has 4 rings (SSSR count). The van der Waals surface area contributed by atoms with Crippen LogP contribution < -0.4 is 4.74 Å². The minimum atomic E-state index is -0.739. The van der Waals surface area contributed by atoms with Crippen LogP contribution in [-0.2, 0) is 0 Å². The van der Waals surface area contributed by atoms with E-state index in [1.54, 1.807) is 42.5 Å². The van der Waals surface area contributed by atoms with E-state index in [1.165, 1.54) is 24.8 Å². The SMILES string of the molecule is CC(=O)c1cccc(OCC(O)CSc2nnc(-c3ccccc3F)n2C2CC2)c1. The second kappa shape index (κ2) is 8.97. The molecule has 1 unspecified atom stereocenters. The lowest BCUT2D eigenvalue weighted by molar-refractivity contribution is 0.101. The average molecular weight is 428 g/mol. The number of ether oxygens (including phenoxy) is 1. The molecule has 1 aromatic heterocycles. The van der Waals surface area contributed by atoms with Gasteiger partial charge in [-0.05, 0) is 44.0 Å². The number of ketones is 1. The van der Waals surface area contributed by atoms with E-state index < -0.39 is 6.10 Å². The van der Waals surface area contributed by atoms with Gasteiger partial charge in [-0.2, -0.15) is 0 Å². The Hall–Kier alpha value is -2.71. The minimum Gasteiger partial charge on any atom is -0.491 e. The van der Waals surface area contributed by atoms with E-state index in [-0.39, 0.29) is 24.2 Å². The summed E-state index contributed by atoms with van der Waals surface area (Å²) in [5, 5.41) is 19.4. The quantitative estimate of drug-likeness (QED) is 0.408. The van der Waals surface area contributed by atoms with Gasteiger partial charge in [0.25, 0.3) is 0 Å². The number of rotatable bonds is 9. The first-order chi connectivity index (χ1) is 14.5. The Morgan fingerprint density at radius 1 is 1.27 bits per heavy atom. The van der Waals surface area contributed by atoms with Crippen LogP contribution in [0.2, 0.25) is 0 Å². The van der Waals surface area contributed by atoms with Gasteiger partial charge in [-0.25, -0.2) is 4.39 Å². The number of aromatic nitrogens is 3. The van der Waals surface area contributed by atoms with Gasteiger partial charge in [0.15, 0.2) is 16.8 Å². The molecule has 1 atom stereocenters. The van der Waals surface area contributed by atoms with Crippen LogP contribution in [0.5, 0.6) is 5.75 Å². The highest BCUT2D eigenvalue weighted by molar-refractivity contribution is 7.99. The molecule has 1 saturated carbocycles. The number of halogens is 1. The van der Waals surface area contributed by atoms with Gasteiger partial charge in [-0.3, -0.25) is 9.36 Å². The van der Waals surface area contributed by atoms with Crippen LogP contribution in [0.4, 0.5) is 4.39 Å². The van der Waals surface area contributed by atoms with Crippen molar-refractivity contribution < 1.29 is 19.0 Å². The van der Waals surface area contributed by atoms with Crippen LogP contribution in [0.1, 0.15) is 36.2 Å². The van der Waals surface area contributed by atoms with Crippen molar-refractivity contribution in [3.05, 3.63) is 59.9 Å². The summed E-state index contributed by atoms with van der Waals surface area (Å²) >= 11 is 1.37. The lowest BCUT2D eigenvalue weighted by atomic mass is 10.1. The molecule has 3 aromatic rings. The average Bonchev–Trinajstić information content (AvgIpc) is 3.50. The number of carbonyl (C=O) groups is 1. The van der Waals surface area contributed by atoms with Crippen molar-refractivity contribution in [2.45, 2.75) is 37.1 Å². The number of hydrogen-bond acceptors (Lipinski definition) is 6. The monoisotopic (exact) mass is 427 g/mol. The molecule has 156 valence electrons. The maximum absolute atomic E-state index is 14.2. The second-order valence-corrected chi connectivity index (χ2v) is 8.23. The highest BCUT2D eigenvalue weighted by atomic mass is 32.2. The van der Waals surface area contributed by atoms with Gasteiger partial charge < -0.3 is 9.84 Å². The highest BCUT2D eigenvalue weighted by Crippen LogP contribution is 2.41. The number of hydrogen-bond donors (Lipinski definition) is 1. The topological polar surface area (TPSA) is 77.2 Å². The summed E-state index contributed by atoms with van der Waals surface area (Å²) in [6, 6.07) is 13.7. The summed E-state index contributed by atoms with van der Waals surface area (Å²) < 4.78 is 21.8. The molecule has 8 heteroatoms. The molecule has 0 bridgehead atoms. The van der Waals surface area contributed by atoms with E-state index >= 15 is 0 Å². The molecule has 0 aliphatic heterocycles. The summed E-state index contributed by atoms with van der Waals surface area (Å²) in [7, 11) is 0. The molecular weight excluding hydrogens is 405 g/mol. The molecule has 30 heavy (non-hydrogen) atoms. The molecule has 0 amide bonds. The predicted molar refractivity (Wildman–Crippen MR) is 112 cm³/mol. The number of thioether (sulfide) groups is 1. The van der Waals surface area contributed by atoms with Gasteiger partial charge in [0, 0.05) is 17.4 Å². The van der Waals surface area contributed by atoms with Crippen LogP contribution in [0, 0.1) is 5.82 Å². The Morgan fingerprint density at radius 2 is 2.07 bits per heavy atom. The Bertz CT molecular complexity index is 1050. The van der Waals surface area contributed by atoms with Gasteiger partial charge in [0.05, 0.1) is 11.7 Å². The van der Waals surface area contributed by atoms with E-state index in [1.807, 2.05) is 4.57 Å². The fourth-order valence-electron chi connectivity index (χ4n) is 3.08. The van der Waals surface area contributed by atoms with Crippen LogP contribution in [0.25, 0.3) is 11.4 Å². The van der Waals surface area contributed by atoms with E-state index in [2.05, 4.69) is 10.2 Å². The fourth-order valence-corrected chi connectivity index (χ4v) is 3.99. The third-order valence-electron chi connectivity index (χ3n) is 4.78. The van der Waals surface area contributed by atoms with Gasteiger partial charge in [0.1, 0.15) is 18.2 Å². The fraction of sp³-hybridized carbons (Fsp3) is 0.318. The zero-order valence-corrected chi connectivity index (χ0v) is 17.3. The molecular formula is C22H22FN3O3S. The molecule has 2 aromatic carbocycles. The molecule has 1 aliphatic carbocycles. The first-order valence-electron chi connectivity index (χ1n) is 9.77. The van der Waals surface area contributed by atoms with E-state index in [9.17, 15) is 14.3 Å². The number of nitrogens with zero attached hydrogens (tertiary/aromatic N) is 3. The lowest BCUT2D eigenvalue weighted by Gasteiger charge is -2.13. The largest absolute Gasteiger partial charge is 0.491 e. The van der Waals surface area contributed by atoms with Crippen LogP contribution in [0.15, 0.2) is 53.7 Å². The molecule has 6 nitrogen and oxygen atoms in total. The van der Waals surface area contributed by atoms with E-state index in [0.717, 1.165) is 12.8 Å². The smallest absolute Gasteiger partial charge is 0.191 e. The van der Waals surface area contributed by atoms with Crippen molar-refractivity contribution in [3.8, 4) is 17.1 Å². The van der Waals surface area contributed by atoms with E-state index in [0.29, 0.717) is 33.6 Å². The molecule has 1 aliphatic rings. The molecule has 1 N–H and O–H groups in total. The van der Waals surface area contributed by atoms with E-state index in [4.69, 9.17) is 4.74 Å². The molecule has 0 spiro atoms. The third kappa shape index (κ3) is 4.71. The summed E-state index contributed by atoms with van der Waals surface area (Å²) in [6.45, 7) is 1.59. The maximum Gasteiger partial charge on any atom is 0.191 e. The van der Waals surface area contributed by atoms with Crippen molar-refractivity contribution in [3.63, 3.8) is 0 Å². The van der Waals surface area contributed by atoms with Gasteiger partial charge >= 0.3 is 0 Å². The standard InChI is InChI=1S/C22H22FN3O3S/c1-14(27)15-5-4-6-18(11-15)29-12-17(28)13-30-22-25-24-21(26(22)16-9-10-16)19-7-2-3-8-20(19)23/h2-8,11,16-17,28H,9-10,12-13H2,1H3. The zero-order chi connectivity index (χ0) is 21.1. The zero-order valence-electron chi connectivity index (χ0n) is 16.5. The van der Waals surface area contributed by atoms with Crippen molar-refractivity contribution >= 4 is 17.5 Å². The molecule has 1 heterocycles. The number of aliphatic hydroxyl groups is 1. The molecule has 1 fully saturated rings. The van der Waals surface area contributed by atoms with Crippen molar-refractivity contribution in [2.75, 3.05) is 12.4 Å². The Morgan fingerprint density at radius 3 is 2.80 bits per heavy atom. The summed E-state index contributed by atoms with van der Waals surface area (Å²) in [5.74, 6) is 1.04. The predicted octanol–water partition coefficient (Wildman–Crippen LogP) is 4.15. The van der Waals surface area contributed by atoms with Crippen molar-refractivity contribution in [1.29, 1.82) is 0 Å². The van der Waals surface area contributed by atoms with Crippen LogP contribution in [-0.4, -0.2) is 44.1 Å². The normalized spacial score (nSPS) is 14.5. The summed E-state index contributed by atoms with van der Waals surface area (Å²) in [4.78, 5) is 11.5. The Labute approximate surface area is 178 Å².